The van der Waals surface area contributed by atoms with Crippen molar-refractivity contribution in [1.82, 2.24) is 0 Å². The minimum atomic E-state index is -3.78. The van der Waals surface area contributed by atoms with Gasteiger partial charge in [-0.05, 0) is 42.7 Å². The minimum absolute atomic E-state index is 0.0402. The fourth-order valence-corrected chi connectivity index (χ4v) is 4.49. The molecule has 0 atom stereocenters. The summed E-state index contributed by atoms with van der Waals surface area (Å²) in [5.74, 6) is -0.311. The van der Waals surface area contributed by atoms with E-state index in [-0.39, 0.29) is 22.8 Å². The van der Waals surface area contributed by atoms with Gasteiger partial charge in [0.2, 0.25) is 0 Å². The molecule has 2 aromatic rings. The van der Waals surface area contributed by atoms with Crippen molar-refractivity contribution in [2.45, 2.75) is 24.7 Å². The number of methoxy groups -OCH3 is 1. The normalized spacial score (nSPS) is 13.4. The van der Waals surface area contributed by atoms with Crippen molar-refractivity contribution >= 4 is 21.7 Å². The van der Waals surface area contributed by atoms with Crippen LogP contribution in [-0.4, -0.2) is 34.6 Å². The molecule has 2 aromatic carbocycles. The first-order valence-electron chi connectivity index (χ1n) is 8.45. The molecule has 6 nitrogen and oxygen atoms in total. The van der Waals surface area contributed by atoms with Gasteiger partial charge in [0, 0.05) is 6.54 Å². The van der Waals surface area contributed by atoms with Crippen LogP contribution in [0.25, 0.3) is 0 Å². The van der Waals surface area contributed by atoms with Gasteiger partial charge in [-0.15, -0.1) is 0 Å². The highest BCUT2D eigenvalue weighted by molar-refractivity contribution is 7.92. The van der Waals surface area contributed by atoms with Crippen LogP contribution in [0.3, 0.4) is 0 Å². The monoisotopic (exact) mass is 375 g/mol. The maximum Gasteiger partial charge on any atom is 0.341 e. The number of rotatable bonds is 6. The molecule has 1 aliphatic heterocycles. The molecule has 0 fully saturated rings. The van der Waals surface area contributed by atoms with Crippen LogP contribution < -0.4 is 9.04 Å². The zero-order valence-corrected chi connectivity index (χ0v) is 15.6. The smallest absolute Gasteiger partial charge is 0.341 e. The molecule has 7 heteroatoms. The Morgan fingerprint density at radius 2 is 1.96 bits per heavy atom. The standard InChI is InChI=1S/C19H21NO5S/c1-3-12-25-19(21)16-13-15(8-9-18(16)24-2)26(22,23)20-11-10-14-6-4-5-7-17(14)20/h4-9,13H,3,10-12H2,1-2H3. The summed E-state index contributed by atoms with van der Waals surface area (Å²) in [5.41, 5.74) is 1.78. The minimum Gasteiger partial charge on any atom is -0.496 e. The average Bonchev–Trinajstić information content (AvgIpc) is 3.10. The van der Waals surface area contributed by atoms with Gasteiger partial charge >= 0.3 is 5.97 Å². The highest BCUT2D eigenvalue weighted by Gasteiger charge is 2.31. The number of hydrogen-bond acceptors (Lipinski definition) is 5. The zero-order valence-electron chi connectivity index (χ0n) is 14.8. The molecule has 0 N–H and O–H groups in total. The van der Waals surface area contributed by atoms with Gasteiger partial charge in [-0.25, -0.2) is 13.2 Å². The lowest BCUT2D eigenvalue weighted by atomic mass is 10.2. The molecule has 3 rings (SSSR count). The fourth-order valence-electron chi connectivity index (χ4n) is 2.96. The van der Waals surface area contributed by atoms with Crippen LogP contribution >= 0.6 is 0 Å². The largest absolute Gasteiger partial charge is 0.496 e. The van der Waals surface area contributed by atoms with Crippen LogP contribution in [0.15, 0.2) is 47.4 Å². The summed E-state index contributed by atoms with van der Waals surface area (Å²) in [4.78, 5) is 12.3. The predicted octanol–water partition coefficient (Wildman–Crippen LogP) is 3.01. The lowest BCUT2D eigenvalue weighted by Gasteiger charge is -2.20. The molecule has 138 valence electrons. The SMILES string of the molecule is CCCOC(=O)c1cc(S(=O)(=O)N2CCc3ccccc32)ccc1OC. The van der Waals surface area contributed by atoms with Crippen LogP contribution in [0.2, 0.25) is 0 Å². The van der Waals surface area contributed by atoms with E-state index in [4.69, 9.17) is 9.47 Å². The molecule has 0 saturated carbocycles. The van der Waals surface area contributed by atoms with Crippen LogP contribution in [0.5, 0.6) is 5.75 Å². The predicted molar refractivity (Wildman–Crippen MR) is 98.2 cm³/mol. The highest BCUT2D eigenvalue weighted by Crippen LogP contribution is 2.34. The number of carbonyl (C=O) groups is 1. The second-order valence-corrected chi connectivity index (χ2v) is 7.82. The van der Waals surface area contributed by atoms with E-state index in [1.807, 2.05) is 25.1 Å². The number of nitrogens with zero attached hydrogens (tertiary/aromatic N) is 1. The lowest BCUT2D eigenvalue weighted by Crippen LogP contribution is -2.29. The number of benzene rings is 2. The molecule has 0 bridgehead atoms. The number of esters is 1. The van der Waals surface area contributed by atoms with Gasteiger partial charge in [-0.3, -0.25) is 4.31 Å². The van der Waals surface area contributed by atoms with Gasteiger partial charge in [0.05, 0.1) is 24.3 Å². The van der Waals surface area contributed by atoms with Crippen LogP contribution in [-0.2, 0) is 21.2 Å². The van der Waals surface area contributed by atoms with Gasteiger partial charge < -0.3 is 9.47 Å². The number of para-hydroxylation sites is 1. The van der Waals surface area contributed by atoms with Gasteiger partial charge in [0.15, 0.2) is 0 Å². The Labute approximate surface area is 153 Å². The second kappa shape index (κ2) is 7.37. The Bertz CT molecular complexity index is 923. The third kappa shape index (κ3) is 3.26. The van der Waals surface area contributed by atoms with E-state index >= 15 is 0 Å². The van der Waals surface area contributed by atoms with Crippen molar-refractivity contribution in [3.8, 4) is 5.75 Å². The molecular formula is C19H21NO5S. The number of sulfonamides is 1. The van der Waals surface area contributed by atoms with Crippen molar-refractivity contribution in [3.05, 3.63) is 53.6 Å². The Kier molecular flexibility index (Phi) is 5.18. The fraction of sp³-hybridized carbons (Fsp3) is 0.316. The van der Waals surface area contributed by atoms with E-state index in [9.17, 15) is 13.2 Å². The van der Waals surface area contributed by atoms with E-state index < -0.39 is 16.0 Å². The first-order chi connectivity index (χ1) is 12.5. The summed E-state index contributed by atoms with van der Waals surface area (Å²) in [6.45, 7) is 2.53. The first-order valence-corrected chi connectivity index (χ1v) is 9.89. The lowest BCUT2D eigenvalue weighted by molar-refractivity contribution is 0.0501. The van der Waals surface area contributed by atoms with Crippen molar-refractivity contribution in [1.29, 1.82) is 0 Å². The maximum absolute atomic E-state index is 13.1. The Morgan fingerprint density at radius 1 is 1.19 bits per heavy atom. The number of ether oxygens (including phenoxy) is 2. The summed E-state index contributed by atoms with van der Waals surface area (Å²) in [7, 11) is -2.36. The Balaban J connectivity index is 2.00. The summed E-state index contributed by atoms with van der Waals surface area (Å²) in [6, 6.07) is 11.7. The van der Waals surface area contributed by atoms with E-state index in [0.717, 1.165) is 5.56 Å². The van der Waals surface area contributed by atoms with Crippen LogP contribution in [0.1, 0.15) is 29.3 Å². The van der Waals surface area contributed by atoms with E-state index in [1.165, 1.54) is 29.6 Å². The Hall–Kier alpha value is -2.54. The molecule has 0 amide bonds. The van der Waals surface area contributed by atoms with Crippen molar-refractivity contribution in [3.63, 3.8) is 0 Å². The topological polar surface area (TPSA) is 72.9 Å². The molecule has 0 unspecified atom stereocenters. The number of anilines is 1. The molecule has 0 aliphatic carbocycles. The molecule has 0 spiro atoms. The number of carbonyl (C=O) groups excluding carboxylic acids is 1. The summed E-state index contributed by atoms with van der Waals surface area (Å²) >= 11 is 0. The van der Waals surface area contributed by atoms with E-state index in [1.54, 1.807) is 6.07 Å². The van der Waals surface area contributed by atoms with E-state index in [0.29, 0.717) is 25.1 Å². The summed E-state index contributed by atoms with van der Waals surface area (Å²) < 4.78 is 37.9. The van der Waals surface area contributed by atoms with Gasteiger partial charge in [0.25, 0.3) is 10.0 Å². The van der Waals surface area contributed by atoms with Gasteiger partial charge in [-0.1, -0.05) is 25.1 Å². The van der Waals surface area contributed by atoms with Crippen molar-refractivity contribution < 1.29 is 22.7 Å². The van der Waals surface area contributed by atoms with E-state index in [2.05, 4.69) is 0 Å². The van der Waals surface area contributed by atoms with Crippen molar-refractivity contribution in [2.75, 3.05) is 24.6 Å². The average molecular weight is 375 g/mol. The molecule has 0 aromatic heterocycles. The quantitative estimate of drug-likeness (QED) is 0.726. The van der Waals surface area contributed by atoms with Crippen LogP contribution in [0, 0.1) is 0 Å². The molecule has 1 aliphatic rings. The first kappa shape index (κ1) is 18.3. The number of fused-ring (bicyclic) bond motifs is 1. The van der Waals surface area contributed by atoms with Gasteiger partial charge in [0.1, 0.15) is 11.3 Å². The molecule has 1 heterocycles. The third-order valence-corrected chi connectivity index (χ3v) is 6.07. The van der Waals surface area contributed by atoms with Crippen LogP contribution in [0.4, 0.5) is 5.69 Å². The van der Waals surface area contributed by atoms with Crippen molar-refractivity contribution in [2.24, 2.45) is 0 Å². The Morgan fingerprint density at radius 3 is 2.69 bits per heavy atom. The zero-order chi connectivity index (χ0) is 18.7. The number of hydrogen-bond donors (Lipinski definition) is 0. The maximum atomic E-state index is 13.1. The highest BCUT2D eigenvalue weighted by atomic mass is 32.2. The summed E-state index contributed by atoms with van der Waals surface area (Å²) in [5, 5.41) is 0. The molecule has 0 radical (unpaired) electrons. The molecule has 26 heavy (non-hydrogen) atoms. The second-order valence-electron chi connectivity index (χ2n) is 5.95. The molecule has 0 saturated heterocycles. The molecular weight excluding hydrogens is 354 g/mol. The third-order valence-electron chi connectivity index (χ3n) is 4.26. The van der Waals surface area contributed by atoms with Gasteiger partial charge in [-0.2, -0.15) is 0 Å². The summed E-state index contributed by atoms with van der Waals surface area (Å²) in [6.07, 6.45) is 1.34.